The zero-order valence-electron chi connectivity index (χ0n) is 9.54. The normalized spacial score (nSPS) is 13.1. The maximum atomic E-state index is 9.87. The standard InChI is InChI=1S/C11H20N2O/c1-5-8(4)13-10(7-3)11(14)9(6-2)12-13/h8,14H,5-7H2,1-4H3. The van der Waals surface area contributed by atoms with Gasteiger partial charge in [-0.3, -0.25) is 4.68 Å². The monoisotopic (exact) mass is 196 g/mol. The molecule has 80 valence electrons. The first kappa shape index (κ1) is 11.1. The molecule has 1 aromatic heterocycles. The van der Waals surface area contributed by atoms with E-state index in [1.165, 1.54) is 0 Å². The van der Waals surface area contributed by atoms with Crippen molar-refractivity contribution in [1.29, 1.82) is 0 Å². The lowest BCUT2D eigenvalue weighted by Gasteiger charge is -2.12. The molecule has 0 aliphatic rings. The van der Waals surface area contributed by atoms with Crippen molar-refractivity contribution in [3.05, 3.63) is 11.4 Å². The fourth-order valence-electron chi connectivity index (χ4n) is 1.62. The topological polar surface area (TPSA) is 38.0 Å². The molecule has 1 N–H and O–H groups in total. The van der Waals surface area contributed by atoms with Crippen LogP contribution in [0, 0.1) is 0 Å². The molecule has 0 aliphatic heterocycles. The first-order valence-electron chi connectivity index (χ1n) is 5.44. The summed E-state index contributed by atoms with van der Waals surface area (Å²) in [5.41, 5.74) is 1.79. The summed E-state index contributed by atoms with van der Waals surface area (Å²) in [6.07, 6.45) is 2.67. The third-order valence-corrected chi connectivity index (χ3v) is 2.73. The van der Waals surface area contributed by atoms with Crippen LogP contribution in [0.4, 0.5) is 0 Å². The summed E-state index contributed by atoms with van der Waals surface area (Å²) in [5, 5.41) is 14.3. The van der Waals surface area contributed by atoms with E-state index in [-0.39, 0.29) is 0 Å². The van der Waals surface area contributed by atoms with Gasteiger partial charge in [0.05, 0.1) is 5.69 Å². The Morgan fingerprint density at radius 3 is 2.36 bits per heavy atom. The van der Waals surface area contributed by atoms with Crippen molar-refractivity contribution >= 4 is 0 Å². The average molecular weight is 196 g/mol. The van der Waals surface area contributed by atoms with Crippen LogP contribution in [0.1, 0.15) is 51.5 Å². The SMILES string of the molecule is CCc1nn(C(C)CC)c(CC)c1O. The third kappa shape index (κ3) is 1.76. The molecule has 0 saturated heterocycles. The zero-order chi connectivity index (χ0) is 10.7. The number of aryl methyl sites for hydroxylation is 1. The van der Waals surface area contributed by atoms with Gasteiger partial charge >= 0.3 is 0 Å². The van der Waals surface area contributed by atoms with Crippen molar-refractivity contribution in [2.45, 2.75) is 53.0 Å². The van der Waals surface area contributed by atoms with Crippen LogP contribution in [0.5, 0.6) is 5.75 Å². The van der Waals surface area contributed by atoms with Gasteiger partial charge in [-0.2, -0.15) is 5.10 Å². The number of hydrogen-bond acceptors (Lipinski definition) is 2. The lowest BCUT2D eigenvalue weighted by Crippen LogP contribution is -2.09. The fraction of sp³-hybridized carbons (Fsp3) is 0.727. The van der Waals surface area contributed by atoms with E-state index < -0.39 is 0 Å². The molecule has 0 saturated carbocycles. The summed E-state index contributed by atoms with van der Waals surface area (Å²) >= 11 is 0. The van der Waals surface area contributed by atoms with Crippen LogP contribution in [0.15, 0.2) is 0 Å². The van der Waals surface area contributed by atoms with E-state index in [1.807, 2.05) is 11.6 Å². The summed E-state index contributed by atoms with van der Waals surface area (Å²) < 4.78 is 1.97. The lowest BCUT2D eigenvalue weighted by molar-refractivity contribution is 0.439. The van der Waals surface area contributed by atoms with Gasteiger partial charge in [-0.05, 0) is 26.2 Å². The first-order chi connectivity index (χ1) is 6.65. The Morgan fingerprint density at radius 1 is 1.29 bits per heavy atom. The van der Waals surface area contributed by atoms with Crippen molar-refractivity contribution in [1.82, 2.24) is 9.78 Å². The summed E-state index contributed by atoms with van der Waals surface area (Å²) in [6.45, 7) is 8.33. The quantitative estimate of drug-likeness (QED) is 0.804. The predicted octanol–water partition coefficient (Wildman–Crippen LogP) is 2.68. The number of rotatable bonds is 4. The summed E-state index contributed by atoms with van der Waals surface area (Å²) in [6, 6.07) is 0.371. The Hall–Kier alpha value is -0.990. The van der Waals surface area contributed by atoms with Gasteiger partial charge in [0, 0.05) is 6.04 Å². The fourth-order valence-corrected chi connectivity index (χ4v) is 1.62. The largest absolute Gasteiger partial charge is 0.504 e. The number of nitrogens with zero attached hydrogens (tertiary/aromatic N) is 2. The van der Waals surface area contributed by atoms with Crippen molar-refractivity contribution in [2.75, 3.05) is 0 Å². The highest BCUT2D eigenvalue weighted by Crippen LogP contribution is 2.26. The molecule has 0 radical (unpaired) electrons. The number of aromatic hydroxyl groups is 1. The Kier molecular flexibility index (Phi) is 3.55. The second kappa shape index (κ2) is 4.49. The predicted molar refractivity (Wildman–Crippen MR) is 57.6 cm³/mol. The first-order valence-corrected chi connectivity index (χ1v) is 5.44. The van der Waals surface area contributed by atoms with Crippen LogP contribution in [-0.4, -0.2) is 14.9 Å². The van der Waals surface area contributed by atoms with E-state index in [9.17, 15) is 5.11 Å². The van der Waals surface area contributed by atoms with Crippen LogP contribution in [0.25, 0.3) is 0 Å². The number of hydrogen-bond donors (Lipinski definition) is 1. The Balaban J connectivity index is 3.15. The summed E-state index contributed by atoms with van der Waals surface area (Å²) in [7, 11) is 0. The molecule has 1 unspecified atom stereocenters. The van der Waals surface area contributed by atoms with Gasteiger partial charge in [-0.25, -0.2) is 0 Å². The van der Waals surface area contributed by atoms with Crippen molar-refractivity contribution in [3.63, 3.8) is 0 Å². The van der Waals surface area contributed by atoms with E-state index in [2.05, 4.69) is 25.9 Å². The third-order valence-electron chi connectivity index (χ3n) is 2.73. The van der Waals surface area contributed by atoms with Gasteiger partial charge in [0.25, 0.3) is 0 Å². The molecule has 0 amide bonds. The van der Waals surface area contributed by atoms with Crippen LogP contribution in [0.2, 0.25) is 0 Å². The number of aromatic nitrogens is 2. The van der Waals surface area contributed by atoms with E-state index in [4.69, 9.17) is 0 Å². The zero-order valence-corrected chi connectivity index (χ0v) is 9.54. The van der Waals surface area contributed by atoms with E-state index >= 15 is 0 Å². The van der Waals surface area contributed by atoms with Gasteiger partial charge in [-0.15, -0.1) is 0 Å². The highest BCUT2D eigenvalue weighted by Gasteiger charge is 2.16. The van der Waals surface area contributed by atoms with Crippen molar-refractivity contribution < 1.29 is 5.11 Å². The molecular weight excluding hydrogens is 176 g/mol. The smallest absolute Gasteiger partial charge is 0.160 e. The molecule has 3 nitrogen and oxygen atoms in total. The molecule has 1 rings (SSSR count). The van der Waals surface area contributed by atoms with Crippen LogP contribution >= 0.6 is 0 Å². The Bertz CT molecular complexity index is 304. The molecule has 0 fully saturated rings. The van der Waals surface area contributed by atoms with Gasteiger partial charge < -0.3 is 5.11 Å². The van der Waals surface area contributed by atoms with E-state index in [0.29, 0.717) is 11.8 Å². The minimum Gasteiger partial charge on any atom is -0.504 e. The molecule has 3 heteroatoms. The molecule has 0 bridgehead atoms. The molecule has 0 aromatic carbocycles. The minimum atomic E-state index is 0.371. The Morgan fingerprint density at radius 2 is 1.93 bits per heavy atom. The van der Waals surface area contributed by atoms with Gasteiger partial charge in [0.2, 0.25) is 0 Å². The second-order valence-corrected chi connectivity index (χ2v) is 3.65. The molecule has 1 atom stereocenters. The van der Waals surface area contributed by atoms with Gasteiger partial charge in [-0.1, -0.05) is 20.8 Å². The maximum Gasteiger partial charge on any atom is 0.160 e. The molecule has 14 heavy (non-hydrogen) atoms. The van der Waals surface area contributed by atoms with Crippen LogP contribution in [-0.2, 0) is 12.8 Å². The summed E-state index contributed by atoms with van der Waals surface area (Å²) in [4.78, 5) is 0. The average Bonchev–Trinajstić information content (AvgIpc) is 2.53. The maximum absolute atomic E-state index is 9.87. The summed E-state index contributed by atoms with van der Waals surface area (Å²) in [5.74, 6) is 0.398. The molecular formula is C11H20N2O. The lowest BCUT2D eigenvalue weighted by atomic mass is 10.2. The van der Waals surface area contributed by atoms with E-state index in [1.54, 1.807) is 0 Å². The second-order valence-electron chi connectivity index (χ2n) is 3.65. The van der Waals surface area contributed by atoms with Crippen molar-refractivity contribution in [2.24, 2.45) is 0 Å². The van der Waals surface area contributed by atoms with E-state index in [0.717, 1.165) is 30.7 Å². The highest BCUT2D eigenvalue weighted by atomic mass is 16.3. The Labute approximate surface area is 85.8 Å². The molecule has 1 heterocycles. The van der Waals surface area contributed by atoms with Gasteiger partial charge in [0.15, 0.2) is 5.75 Å². The van der Waals surface area contributed by atoms with Crippen LogP contribution < -0.4 is 0 Å². The minimum absolute atomic E-state index is 0.371. The van der Waals surface area contributed by atoms with Crippen molar-refractivity contribution in [3.8, 4) is 5.75 Å². The highest BCUT2D eigenvalue weighted by molar-refractivity contribution is 5.32. The van der Waals surface area contributed by atoms with Gasteiger partial charge in [0.1, 0.15) is 5.69 Å². The van der Waals surface area contributed by atoms with Crippen LogP contribution in [0.3, 0.4) is 0 Å². The molecule has 0 spiro atoms. The molecule has 0 aliphatic carbocycles. The molecule has 1 aromatic rings.